The van der Waals surface area contributed by atoms with Crippen LogP contribution in [0.25, 0.3) is 0 Å². The smallest absolute Gasteiger partial charge is 0.335 e. The van der Waals surface area contributed by atoms with E-state index in [0.717, 1.165) is 17.2 Å². The van der Waals surface area contributed by atoms with E-state index < -0.39 is 5.97 Å². The summed E-state index contributed by atoms with van der Waals surface area (Å²) in [7, 11) is 0. The molecule has 0 radical (unpaired) electrons. The van der Waals surface area contributed by atoms with Gasteiger partial charge >= 0.3 is 5.97 Å². The van der Waals surface area contributed by atoms with Gasteiger partial charge in [0.2, 0.25) is 0 Å². The Hall–Kier alpha value is -1.51. The first kappa shape index (κ1) is 11.0. The van der Waals surface area contributed by atoms with Crippen molar-refractivity contribution in [2.75, 3.05) is 5.32 Å². The summed E-state index contributed by atoms with van der Waals surface area (Å²) in [5.41, 5.74) is 2.23. The summed E-state index contributed by atoms with van der Waals surface area (Å²) in [4.78, 5) is 10.8. The SMILES string of the molecule is CCC1CC1Nc1ccc(C(=O)O)c(C)c1. The van der Waals surface area contributed by atoms with Crippen LogP contribution in [-0.4, -0.2) is 17.1 Å². The number of carbonyl (C=O) groups is 1. The molecule has 2 rings (SSSR count). The van der Waals surface area contributed by atoms with Crippen LogP contribution in [-0.2, 0) is 0 Å². The van der Waals surface area contributed by atoms with Crippen LogP contribution in [0.3, 0.4) is 0 Å². The summed E-state index contributed by atoms with van der Waals surface area (Å²) < 4.78 is 0. The van der Waals surface area contributed by atoms with Gasteiger partial charge in [0, 0.05) is 11.7 Å². The van der Waals surface area contributed by atoms with Crippen LogP contribution in [0.2, 0.25) is 0 Å². The maximum atomic E-state index is 10.8. The summed E-state index contributed by atoms with van der Waals surface area (Å²) in [5.74, 6) is -0.0682. The molecule has 3 heteroatoms. The lowest BCUT2D eigenvalue weighted by molar-refractivity contribution is 0.0696. The highest BCUT2D eigenvalue weighted by molar-refractivity contribution is 5.89. The van der Waals surface area contributed by atoms with E-state index in [-0.39, 0.29) is 0 Å². The summed E-state index contributed by atoms with van der Waals surface area (Å²) in [6.45, 7) is 4.03. The van der Waals surface area contributed by atoms with Crippen LogP contribution < -0.4 is 5.32 Å². The topological polar surface area (TPSA) is 49.3 Å². The highest BCUT2D eigenvalue weighted by Gasteiger charge is 2.35. The molecule has 2 N–H and O–H groups in total. The molecule has 0 heterocycles. The van der Waals surface area contributed by atoms with Crippen LogP contribution >= 0.6 is 0 Å². The molecule has 0 aliphatic heterocycles. The van der Waals surface area contributed by atoms with Crippen LogP contribution in [0.4, 0.5) is 5.69 Å². The number of benzene rings is 1. The minimum absolute atomic E-state index is 0.383. The first-order valence-corrected chi connectivity index (χ1v) is 5.72. The summed E-state index contributed by atoms with van der Waals surface area (Å²) in [6.07, 6.45) is 2.44. The fraction of sp³-hybridized carbons (Fsp3) is 0.462. The largest absolute Gasteiger partial charge is 0.478 e. The molecule has 1 aromatic carbocycles. The Morgan fingerprint density at radius 3 is 2.81 bits per heavy atom. The lowest BCUT2D eigenvalue weighted by atomic mass is 10.1. The highest BCUT2D eigenvalue weighted by Crippen LogP contribution is 2.36. The van der Waals surface area contributed by atoms with Gasteiger partial charge in [0.15, 0.2) is 0 Å². The second kappa shape index (κ2) is 4.16. The normalized spacial score (nSPS) is 22.9. The third kappa shape index (κ3) is 2.18. The predicted octanol–water partition coefficient (Wildman–Crippen LogP) is 2.90. The quantitative estimate of drug-likeness (QED) is 0.818. The average Bonchev–Trinajstić information content (AvgIpc) is 2.96. The molecule has 0 bridgehead atoms. The van der Waals surface area contributed by atoms with E-state index in [1.165, 1.54) is 12.8 Å². The molecular weight excluding hydrogens is 202 g/mol. The molecule has 1 fully saturated rings. The number of carboxylic acid groups (broad SMARTS) is 1. The van der Waals surface area contributed by atoms with Gasteiger partial charge in [-0.2, -0.15) is 0 Å². The molecule has 86 valence electrons. The first-order chi connectivity index (χ1) is 7.61. The molecule has 0 aromatic heterocycles. The number of carboxylic acids is 1. The Labute approximate surface area is 95.5 Å². The molecular formula is C13H17NO2. The lowest BCUT2D eigenvalue weighted by Gasteiger charge is -2.08. The standard InChI is InChI=1S/C13H17NO2/c1-3-9-7-12(9)14-10-4-5-11(13(15)16)8(2)6-10/h4-6,9,12,14H,3,7H2,1-2H3,(H,15,16). The van der Waals surface area contributed by atoms with Crippen LogP contribution in [0.1, 0.15) is 35.7 Å². The molecule has 0 saturated heterocycles. The summed E-state index contributed by atoms with van der Waals surface area (Å²) >= 11 is 0. The van der Waals surface area contributed by atoms with Crippen molar-refractivity contribution in [3.63, 3.8) is 0 Å². The fourth-order valence-corrected chi connectivity index (χ4v) is 2.08. The van der Waals surface area contributed by atoms with Crippen molar-refractivity contribution in [2.45, 2.75) is 32.7 Å². The van der Waals surface area contributed by atoms with Crippen molar-refractivity contribution in [1.82, 2.24) is 0 Å². The maximum Gasteiger partial charge on any atom is 0.335 e. The third-order valence-electron chi connectivity index (χ3n) is 3.26. The molecule has 0 amide bonds. The van der Waals surface area contributed by atoms with Gasteiger partial charge in [0.25, 0.3) is 0 Å². The van der Waals surface area contributed by atoms with Gasteiger partial charge in [0.1, 0.15) is 0 Å². The van der Waals surface area contributed by atoms with E-state index in [4.69, 9.17) is 5.11 Å². The van der Waals surface area contributed by atoms with Gasteiger partial charge in [-0.15, -0.1) is 0 Å². The Kier molecular flexibility index (Phi) is 2.86. The van der Waals surface area contributed by atoms with Crippen molar-refractivity contribution in [2.24, 2.45) is 5.92 Å². The second-order valence-corrected chi connectivity index (χ2v) is 4.49. The molecule has 3 nitrogen and oxygen atoms in total. The van der Waals surface area contributed by atoms with Crippen molar-refractivity contribution >= 4 is 11.7 Å². The zero-order chi connectivity index (χ0) is 11.7. The summed E-state index contributed by atoms with van der Waals surface area (Å²) in [5, 5.41) is 12.3. The minimum Gasteiger partial charge on any atom is -0.478 e. The molecule has 1 aliphatic rings. The molecule has 2 atom stereocenters. The van der Waals surface area contributed by atoms with Crippen molar-refractivity contribution in [3.05, 3.63) is 29.3 Å². The molecule has 0 spiro atoms. The van der Waals surface area contributed by atoms with Gasteiger partial charge in [-0.05, 0) is 43.0 Å². The molecule has 1 aromatic rings. The van der Waals surface area contributed by atoms with Gasteiger partial charge in [-0.1, -0.05) is 13.3 Å². The highest BCUT2D eigenvalue weighted by atomic mass is 16.4. The number of aromatic carboxylic acids is 1. The molecule has 16 heavy (non-hydrogen) atoms. The van der Waals surface area contributed by atoms with E-state index in [9.17, 15) is 4.79 Å². The third-order valence-corrected chi connectivity index (χ3v) is 3.26. The van der Waals surface area contributed by atoms with E-state index in [1.54, 1.807) is 6.07 Å². The zero-order valence-electron chi connectivity index (χ0n) is 9.66. The zero-order valence-corrected chi connectivity index (χ0v) is 9.66. The van der Waals surface area contributed by atoms with Gasteiger partial charge in [-0.3, -0.25) is 0 Å². The van der Waals surface area contributed by atoms with Gasteiger partial charge in [0.05, 0.1) is 5.56 Å². The van der Waals surface area contributed by atoms with E-state index >= 15 is 0 Å². The maximum absolute atomic E-state index is 10.8. The first-order valence-electron chi connectivity index (χ1n) is 5.72. The van der Waals surface area contributed by atoms with Gasteiger partial charge in [-0.25, -0.2) is 4.79 Å². The van der Waals surface area contributed by atoms with E-state index in [1.807, 2.05) is 19.1 Å². The lowest BCUT2D eigenvalue weighted by Crippen LogP contribution is -2.06. The number of hydrogen-bond acceptors (Lipinski definition) is 2. The Morgan fingerprint density at radius 1 is 1.56 bits per heavy atom. The van der Waals surface area contributed by atoms with Crippen LogP contribution in [0.5, 0.6) is 0 Å². The second-order valence-electron chi connectivity index (χ2n) is 4.49. The van der Waals surface area contributed by atoms with Crippen LogP contribution in [0.15, 0.2) is 18.2 Å². The molecule has 1 saturated carbocycles. The van der Waals surface area contributed by atoms with Crippen LogP contribution in [0, 0.1) is 12.8 Å². The molecule has 1 aliphatic carbocycles. The summed E-state index contributed by atoms with van der Waals surface area (Å²) in [6, 6.07) is 6.01. The average molecular weight is 219 g/mol. The number of rotatable bonds is 4. The minimum atomic E-state index is -0.859. The number of nitrogens with one attached hydrogen (secondary N) is 1. The predicted molar refractivity (Wildman–Crippen MR) is 63.9 cm³/mol. The number of hydrogen-bond donors (Lipinski definition) is 2. The van der Waals surface area contributed by atoms with Crippen molar-refractivity contribution in [3.8, 4) is 0 Å². The van der Waals surface area contributed by atoms with E-state index in [2.05, 4.69) is 12.2 Å². The Morgan fingerprint density at radius 2 is 2.31 bits per heavy atom. The van der Waals surface area contributed by atoms with Crippen molar-refractivity contribution in [1.29, 1.82) is 0 Å². The molecule has 2 unspecified atom stereocenters. The monoisotopic (exact) mass is 219 g/mol. The van der Waals surface area contributed by atoms with Crippen molar-refractivity contribution < 1.29 is 9.90 Å². The Bertz CT molecular complexity index is 414. The fourth-order valence-electron chi connectivity index (χ4n) is 2.08. The Balaban J connectivity index is 2.07. The van der Waals surface area contributed by atoms with Gasteiger partial charge < -0.3 is 10.4 Å². The van der Waals surface area contributed by atoms with E-state index in [0.29, 0.717) is 11.6 Å². The number of aryl methyl sites for hydroxylation is 1. The number of anilines is 1.